The summed E-state index contributed by atoms with van der Waals surface area (Å²) in [5, 5.41) is 2.75. The van der Waals surface area contributed by atoms with Crippen molar-refractivity contribution in [3.05, 3.63) is 65.0 Å². The molecule has 1 N–H and O–H groups in total. The van der Waals surface area contributed by atoms with Crippen molar-refractivity contribution in [1.29, 1.82) is 0 Å². The van der Waals surface area contributed by atoms with E-state index in [0.717, 1.165) is 24.0 Å². The molecule has 0 unspecified atom stereocenters. The SMILES string of the molecule is CCN(CC)C(=O)Nc1ccc2c(c1)CC(=O)[C@]21OCN(CC(=O)N(Cc2ccc(F)cc2)[C@@H](C)C(F)(F)F)C1=O. The third-order valence-electron chi connectivity index (χ3n) is 7.41. The van der Waals surface area contributed by atoms with Crippen LogP contribution in [-0.2, 0) is 37.7 Å². The summed E-state index contributed by atoms with van der Waals surface area (Å²) in [4.78, 5) is 55.3. The molecule has 0 bridgehead atoms. The van der Waals surface area contributed by atoms with Gasteiger partial charge in [-0.15, -0.1) is 0 Å². The minimum atomic E-state index is -4.76. The number of nitrogens with zero attached hydrogens (tertiary/aromatic N) is 3. The highest BCUT2D eigenvalue weighted by molar-refractivity contribution is 6.15. The fraction of sp³-hybridized carbons (Fsp3) is 0.429. The Morgan fingerprint density at radius 2 is 1.76 bits per heavy atom. The standard InChI is InChI=1S/C28H30F4N4O5/c1-4-34(5-2)26(40)33-21-10-11-22-19(12-21)13-23(37)27(22)25(39)35(16-41-27)15-24(38)36(17(3)28(30,31)32)14-18-6-8-20(29)9-7-18/h6-12,17H,4-5,13-16H2,1-3H3,(H,33,40)/t17-,27+/m0/s1. The molecule has 13 heteroatoms. The Bertz CT molecular complexity index is 1350. The summed E-state index contributed by atoms with van der Waals surface area (Å²) in [7, 11) is 0. The van der Waals surface area contributed by atoms with Gasteiger partial charge in [-0.1, -0.05) is 18.2 Å². The molecule has 2 aromatic carbocycles. The number of ether oxygens (including phenoxy) is 1. The Morgan fingerprint density at radius 3 is 2.37 bits per heavy atom. The average molecular weight is 579 g/mol. The van der Waals surface area contributed by atoms with E-state index in [1.165, 1.54) is 24.3 Å². The van der Waals surface area contributed by atoms with Crippen LogP contribution in [-0.4, -0.2) is 76.9 Å². The van der Waals surface area contributed by atoms with E-state index in [9.17, 15) is 36.7 Å². The van der Waals surface area contributed by atoms with Gasteiger partial charge in [-0.25, -0.2) is 9.18 Å². The molecule has 1 fully saturated rings. The number of nitrogens with one attached hydrogen (secondary N) is 1. The summed E-state index contributed by atoms with van der Waals surface area (Å²) in [5.74, 6) is -3.03. The number of halogens is 4. The van der Waals surface area contributed by atoms with Crippen LogP contribution in [0.4, 0.5) is 28.0 Å². The van der Waals surface area contributed by atoms with Gasteiger partial charge in [0.05, 0.1) is 0 Å². The van der Waals surface area contributed by atoms with Crippen LogP contribution in [0.3, 0.4) is 0 Å². The monoisotopic (exact) mass is 578 g/mol. The first-order chi connectivity index (χ1) is 19.3. The van der Waals surface area contributed by atoms with E-state index in [1.54, 1.807) is 11.0 Å². The maximum absolute atomic E-state index is 13.6. The Kier molecular flexibility index (Phi) is 8.39. The van der Waals surface area contributed by atoms with Crippen molar-refractivity contribution in [2.75, 3.05) is 31.7 Å². The van der Waals surface area contributed by atoms with Crippen molar-refractivity contribution in [2.24, 2.45) is 0 Å². The highest BCUT2D eigenvalue weighted by atomic mass is 19.4. The van der Waals surface area contributed by atoms with E-state index < -0.39 is 61.1 Å². The lowest BCUT2D eigenvalue weighted by atomic mass is 9.94. The van der Waals surface area contributed by atoms with E-state index in [4.69, 9.17) is 4.74 Å². The van der Waals surface area contributed by atoms with Crippen molar-refractivity contribution in [3.63, 3.8) is 0 Å². The quantitative estimate of drug-likeness (QED) is 0.380. The average Bonchev–Trinajstić information content (AvgIpc) is 3.39. The largest absolute Gasteiger partial charge is 0.408 e. The van der Waals surface area contributed by atoms with Crippen molar-refractivity contribution in [2.45, 2.75) is 51.6 Å². The summed E-state index contributed by atoms with van der Waals surface area (Å²) in [6, 6.07) is 6.74. The van der Waals surface area contributed by atoms with Crippen LogP contribution in [0.1, 0.15) is 37.5 Å². The molecular formula is C28H30F4N4O5. The molecule has 1 heterocycles. The number of Topliss-reactive ketones (excluding diaryl/α,β-unsaturated/α-hetero) is 1. The zero-order chi connectivity index (χ0) is 30.1. The Hall–Kier alpha value is -4.00. The lowest BCUT2D eigenvalue weighted by Gasteiger charge is -2.32. The van der Waals surface area contributed by atoms with Gasteiger partial charge in [0.1, 0.15) is 25.1 Å². The molecule has 0 saturated carbocycles. The number of carbonyl (C=O) groups is 4. The van der Waals surface area contributed by atoms with Gasteiger partial charge >= 0.3 is 12.2 Å². The molecule has 0 radical (unpaired) electrons. The third-order valence-corrected chi connectivity index (χ3v) is 7.41. The minimum Gasteiger partial charge on any atom is -0.332 e. The fourth-order valence-electron chi connectivity index (χ4n) is 5.01. The van der Waals surface area contributed by atoms with E-state index >= 15 is 0 Å². The lowest BCUT2D eigenvalue weighted by molar-refractivity contribution is -0.187. The lowest BCUT2D eigenvalue weighted by Crippen LogP contribution is -2.51. The second-order valence-corrected chi connectivity index (χ2v) is 9.90. The maximum Gasteiger partial charge on any atom is 0.408 e. The van der Waals surface area contributed by atoms with Crippen molar-refractivity contribution in [3.8, 4) is 0 Å². The molecule has 9 nitrogen and oxygen atoms in total. The maximum atomic E-state index is 13.6. The van der Waals surface area contributed by atoms with E-state index in [-0.39, 0.29) is 23.6 Å². The first kappa shape index (κ1) is 30.0. The molecule has 1 saturated heterocycles. The topological polar surface area (TPSA) is 99.3 Å². The van der Waals surface area contributed by atoms with Crippen LogP contribution < -0.4 is 5.32 Å². The van der Waals surface area contributed by atoms with Crippen LogP contribution in [0.2, 0.25) is 0 Å². The number of benzene rings is 2. The predicted molar refractivity (Wildman–Crippen MR) is 139 cm³/mol. The number of hydrogen-bond acceptors (Lipinski definition) is 5. The highest BCUT2D eigenvalue weighted by Crippen LogP contribution is 2.43. The van der Waals surface area contributed by atoms with Crippen LogP contribution in [0.5, 0.6) is 0 Å². The van der Waals surface area contributed by atoms with Crippen LogP contribution in [0.15, 0.2) is 42.5 Å². The van der Waals surface area contributed by atoms with Crippen molar-refractivity contribution < 1.29 is 41.5 Å². The predicted octanol–water partition coefficient (Wildman–Crippen LogP) is 3.82. The molecule has 4 rings (SSSR count). The summed E-state index contributed by atoms with van der Waals surface area (Å²) in [5.41, 5.74) is -0.623. The number of hydrogen-bond donors (Lipinski definition) is 1. The Labute approximate surface area is 234 Å². The first-order valence-electron chi connectivity index (χ1n) is 13.1. The Balaban J connectivity index is 1.54. The van der Waals surface area contributed by atoms with Crippen molar-refractivity contribution >= 4 is 29.3 Å². The van der Waals surface area contributed by atoms with E-state index in [2.05, 4.69) is 5.32 Å². The van der Waals surface area contributed by atoms with Crippen LogP contribution >= 0.6 is 0 Å². The number of urea groups is 1. The van der Waals surface area contributed by atoms with E-state index in [1.807, 2.05) is 13.8 Å². The van der Waals surface area contributed by atoms with Gasteiger partial charge in [-0.3, -0.25) is 14.4 Å². The molecule has 1 aliphatic heterocycles. The second kappa shape index (κ2) is 11.5. The van der Waals surface area contributed by atoms with Gasteiger partial charge in [0.2, 0.25) is 11.5 Å². The molecule has 41 heavy (non-hydrogen) atoms. The van der Waals surface area contributed by atoms with Gasteiger partial charge in [-0.2, -0.15) is 13.2 Å². The zero-order valence-electron chi connectivity index (χ0n) is 22.8. The second-order valence-electron chi connectivity index (χ2n) is 9.90. The number of carbonyl (C=O) groups excluding carboxylic acids is 4. The fourth-order valence-corrected chi connectivity index (χ4v) is 5.01. The van der Waals surface area contributed by atoms with E-state index in [0.29, 0.717) is 29.2 Å². The normalized spacial score (nSPS) is 19.0. The number of fused-ring (bicyclic) bond motifs is 2. The molecular weight excluding hydrogens is 548 g/mol. The summed E-state index contributed by atoms with van der Waals surface area (Å²) >= 11 is 0. The number of alkyl halides is 3. The number of ketones is 1. The van der Waals surface area contributed by atoms with Gasteiger partial charge in [-0.05, 0) is 56.2 Å². The third kappa shape index (κ3) is 5.76. The molecule has 1 aliphatic carbocycles. The summed E-state index contributed by atoms with van der Waals surface area (Å²) in [6.45, 7) is 3.75. The molecule has 2 aromatic rings. The molecule has 0 aromatic heterocycles. The first-order valence-corrected chi connectivity index (χ1v) is 13.1. The summed E-state index contributed by atoms with van der Waals surface area (Å²) < 4.78 is 59.9. The minimum absolute atomic E-state index is 0.167. The van der Waals surface area contributed by atoms with Gasteiger partial charge in [0.25, 0.3) is 5.91 Å². The number of anilines is 1. The molecule has 4 amide bonds. The summed E-state index contributed by atoms with van der Waals surface area (Å²) in [6.07, 6.45) is -4.93. The highest BCUT2D eigenvalue weighted by Gasteiger charge is 2.59. The van der Waals surface area contributed by atoms with Gasteiger partial charge in [0, 0.05) is 37.3 Å². The van der Waals surface area contributed by atoms with Crippen LogP contribution in [0, 0.1) is 5.82 Å². The smallest absolute Gasteiger partial charge is 0.332 e. The zero-order valence-corrected chi connectivity index (χ0v) is 22.8. The Morgan fingerprint density at radius 1 is 1.10 bits per heavy atom. The molecule has 1 spiro atoms. The van der Waals surface area contributed by atoms with Gasteiger partial charge in [0.15, 0.2) is 5.78 Å². The molecule has 2 aliphatic rings. The molecule has 2 atom stereocenters. The molecule has 220 valence electrons. The van der Waals surface area contributed by atoms with Gasteiger partial charge < -0.3 is 24.8 Å². The number of amides is 4. The van der Waals surface area contributed by atoms with Crippen molar-refractivity contribution in [1.82, 2.24) is 14.7 Å². The van der Waals surface area contributed by atoms with Crippen LogP contribution in [0.25, 0.3) is 0 Å². The number of rotatable bonds is 8.